The first kappa shape index (κ1) is 13.2. The molecule has 1 aromatic carbocycles. The molecule has 1 amide bonds. The molecule has 0 heterocycles. The lowest BCUT2D eigenvalue weighted by Gasteiger charge is -2.16. The van der Waals surface area contributed by atoms with Crippen LogP contribution in [-0.4, -0.2) is 29.1 Å². The molecular weight excluding hydrogens is 246 g/mol. The first-order valence-corrected chi connectivity index (χ1v) is 6.17. The van der Waals surface area contributed by atoms with Gasteiger partial charge in [-0.3, -0.25) is 4.79 Å². The van der Waals surface area contributed by atoms with E-state index in [0.717, 1.165) is 12.8 Å². The molecule has 0 saturated heterocycles. The molecule has 0 radical (unpaired) electrons. The Hall–Kier alpha value is -2.24. The van der Waals surface area contributed by atoms with Gasteiger partial charge < -0.3 is 21.5 Å². The third-order valence-electron chi connectivity index (χ3n) is 2.96. The van der Waals surface area contributed by atoms with Crippen LogP contribution >= 0.6 is 0 Å². The van der Waals surface area contributed by atoms with Crippen molar-refractivity contribution in [1.82, 2.24) is 5.32 Å². The monoisotopic (exact) mass is 263 g/mol. The van der Waals surface area contributed by atoms with Crippen molar-refractivity contribution in [3.63, 3.8) is 0 Å². The van der Waals surface area contributed by atoms with Crippen LogP contribution in [0.25, 0.3) is 0 Å². The van der Waals surface area contributed by atoms with E-state index in [4.69, 9.17) is 10.8 Å². The van der Waals surface area contributed by atoms with Crippen LogP contribution in [0.5, 0.6) is 0 Å². The summed E-state index contributed by atoms with van der Waals surface area (Å²) in [6.45, 7) is 1.69. The second kappa shape index (κ2) is 5.17. The molecule has 102 valence electrons. The van der Waals surface area contributed by atoms with Crippen molar-refractivity contribution in [2.75, 3.05) is 11.1 Å². The van der Waals surface area contributed by atoms with Crippen LogP contribution in [0.1, 0.15) is 30.1 Å². The predicted octanol–water partition coefficient (Wildman–Crippen LogP) is 1.05. The highest BCUT2D eigenvalue weighted by molar-refractivity contribution is 5.96. The fourth-order valence-electron chi connectivity index (χ4n) is 1.72. The molecule has 1 saturated carbocycles. The molecule has 1 aromatic rings. The minimum Gasteiger partial charge on any atom is -0.478 e. The third-order valence-corrected chi connectivity index (χ3v) is 2.96. The van der Waals surface area contributed by atoms with Crippen molar-refractivity contribution in [3.05, 3.63) is 23.8 Å². The molecule has 0 aromatic heterocycles. The van der Waals surface area contributed by atoms with Gasteiger partial charge in [-0.2, -0.15) is 0 Å². The van der Waals surface area contributed by atoms with Gasteiger partial charge in [-0.25, -0.2) is 4.79 Å². The maximum Gasteiger partial charge on any atom is 0.337 e. The van der Waals surface area contributed by atoms with Crippen LogP contribution in [0.2, 0.25) is 0 Å². The fourth-order valence-corrected chi connectivity index (χ4v) is 1.72. The van der Waals surface area contributed by atoms with Crippen molar-refractivity contribution in [1.29, 1.82) is 0 Å². The number of benzene rings is 1. The number of nitrogens with one attached hydrogen (secondary N) is 2. The number of hydrogen-bond donors (Lipinski definition) is 4. The first-order valence-electron chi connectivity index (χ1n) is 6.17. The van der Waals surface area contributed by atoms with Gasteiger partial charge in [0.15, 0.2) is 0 Å². The molecule has 2 rings (SSSR count). The van der Waals surface area contributed by atoms with Crippen molar-refractivity contribution < 1.29 is 14.7 Å². The van der Waals surface area contributed by atoms with Crippen LogP contribution in [0.3, 0.4) is 0 Å². The maximum absolute atomic E-state index is 11.8. The van der Waals surface area contributed by atoms with Crippen molar-refractivity contribution in [2.45, 2.75) is 31.8 Å². The number of nitrogen functional groups attached to an aromatic ring is 1. The van der Waals surface area contributed by atoms with E-state index >= 15 is 0 Å². The average molecular weight is 263 g/mol. The Morgan fingerprint density at radius 3 is 2.68 bits per heavy atom. The van der Waals surface area contributed by atoms with Gasteiger partial charge in [0.25, 0.3) is 0 Å². The second-order valence-electron chi connectivity index (χ2n) is 4.76. The zero-order chi connectivity index (χ0) is 14.0. The summed E-state index contributed by atoms with van der Waals surface area (Å²) in [5.41, 5.74) is 6.38. The Balaban J connectivity index is 2.08. The van der Waals surface area contributed by atoms with Gasteiger partial charge in [-0.1, -0.05) is 0 Å². The summed E-state index contributed by atoms with van der Waals surface area (Å²) in [6, 6.07) is 4.32. The Bertz CT molecular complexity index is 512. The normalized spacial score (nSPS) is 15.6. The number of anilines is 2. The van der Waals surface area contributed by atoms with E-state index in [1.54, 1.807) is 19.1 Å². The van der Waals surface area contributed by atoms with E-state index in [1.165, 1.54) is 6.07 Å². The number of nitrogens with two attached hydrogens (primary N) is 1. The summed E-state index contributed by atoms with van der Waals surface area (Å²) in [7, 11) is 0. The quantitative estimate of drug-likeness (QED) is 0.594. The predicted molar refractivity (Wildman–Crippen MR) is 72.1 cm³/mol. The molecular formula is C13H17N3O3. The minimum atomic E-state index is -1.08. The van der Waals surface area contributed by atoms with Gasteiger partial charge in [-0.15, -0.1) is 0 Å². The molecule has 1 fully saturated rings. The summed E-state index contributed by atoms with van der Waals surface area (Å²) in [5.74, 6) is -1.21. The van der Waals surface area contributed by atoms with E-state index < -0.39 is 12.0 Å². The summed E-state index contributed by atoms with van der Waals surface area (Å²) in [4.78, 5) is 22.9. The Morgan fingerprint density at radius 2 is 2.11 bits per heavy atom. The molecule has 1 aliphatic carbocycles. The van der Waals surface area contributed by atoms with Gasteiger partial charge in [0.2, 0.25) is 5.91 Å². The largest absolute Gasteiger partial charge is 0.478 e. The van der Waals surface area contributed by atoms with Gasteiger partial charge in [0, 0.05) is 17.4 Å². The van der Waals surface area contributed by atoms with Gasteiger partial charge in [0.1, 0.15) is 6.04 Å². The van der Waals surface area contributed by atoms with Gasteiger partial charge in [-0.05, 0) is 38.0 Å². The van der Waals surface area contributed by atoms with Crippen LogP contribution in [0.15, 0.2) is 18.2 Å². The Morgan fingerprint density at radius 1 is 1.42 bits per heavy atom. The molecule has 6 heteroatoms. The van der Waals surface area contributed by atoms with Crippen molar-refractivity contribution in [3.8, 4) is 0 Å². The minimum absolute atomic E-state index is 0.0612. The maximum atomic E-state index is 11.8. The average Bonchev–Trinajstić information content (AvgIpc) is 3.14. The summed E-state index contributed by atoms with van der Waals surface area (Å²) >= 11 is 0. The standard InChI is InChI=1S/C13H17N3O3/c1-7(12(17)16-9-3-4-9)15-11-5-2-8(14)6-10(11)13(18)19/h2,5-7,9,15H,3-4,14H2,1H3,(H,16,17)(H,18,19). The highest BCUT2D eigenvalue weighted by Gasteiger charge is 2.26. The molecule has 6 nitrogen and oxygen atoms in total. The number of rotatable bonds is 5. The van der Waals surface area contributed by atoms with E-state index in [2.05, 4.69) is 10.6 Å². The Labute approximate surface area is 111 Å². The topological polar surface area (TPSA) is 104 Å². The number of amides is 1. The summed E-state index contributed by atoms with van der Waals surface area (Å²) < 4.78 is 0. The Kier molecular flexibility index (Phi) is 3.59. The first-order chi connectivity index (χ1) is 8.97. The molecule has 0 aliphatic heterocycles. The molecule has 1 atom stereocenters. The lowest BCUT2D eigenvalue weighted by atomic mass is 10.1. The lowest BCUT2D eigenvalue weighted by molar-refractivity contribution is -0.121. The SMILES string of the molecule is CC(Nc1ccc(N)cc1C(=O)O)C(=O)NC1CC1. The van der Waals surface area contributed by atoms with E-state index in [-0.39, 0.29) is 17.5 Å². The molecule has 0 bridgehead atoms. The van der Waals surface area contributed by atoms with Crippen molar-refractivity contribution in [2.24, 2.45) is 0 Å². The van der Waals surface area contributed by atoms with E-state index in [9.17, 15) is 9.59 Å². The lowest BCUT2D eigenvalue weighted by Crippen LogP contribution is -2.38. The molecule has 1 unspecified atom stereocenters. The fraction of sp³-hybridized carbons (Fsp3) is 0.385. The highest BCUT2D eigenvalue weighted by atomic mass is 16.4. The van der Waals surface area contributed by atoms with Crippen molar-refractivity contribution >= 4 is 23.3 Å². The van der Waals surface area contributed by atoms with Crippen LogP contribution in [0, 0.1) is 0 Å². The molecule has 1 aliphatic rings. The highest BCUT2D eigenvalue weighted by Crippen LogP contribution is 2.21. The van der Waals surface area contributed by atoms with Crippen LogP contribution < -0.4 is 16.4 Å². The number of carboxylic acid groups (broad SMARTS) is 1. The summed E-state index contributed by atoms with van der Waals surface area (Å²) in [5, 5.41) is 14.9. The number of carboxylic acids is 1. The van der Waals surface area contributed by atoms with Crippen LogP contribution in [0.4, 0.5) is 11.4 Å². The second-order valence-corrected chi connectivity index (χ2v) is 4.76. The van der Waals surface area contributed by atoms with E-state index in [0.29, 0.717) is 11.4 Å². The molecule has 0 spiro atoms. The number of hydrogen-bond acceptors (Lipinski definition) is 4. The van der Waals surface area contributed by atoms with E-state index in [1.807, 2.05) is 0 Å². The number of carbonyl (C=O) groups is 2. The smallest absolute Gasteiger partial charge is 0.337 e. The number of aromatic carboxylic acids is 1. The van der Waals surface area contributed by atoms with Crippen LogP contribution in [-0.2, 0) is 4.79 Å². The van der Waals surface area contributed by atoms with Gasteiger partial charge in [0.05, 0.1) is 5.56 Å². The number of carbonyl (C=O) groups excluding carboxylic acids is 1. The van der Waals surface area contributed by atoms with Gasteiger partial charge >= 0.3 is 5.97 Å². The zero-order valence-corrected chi connectivity index (χ0v) is 10.6. The molecule has 19 heavy (non-hydrogen) atoms. The zero-order valence-electron chi connectivity index (χ0n) is 10.6. The summed E-state index contributed by atoms with van der Waals surface area (Å²) in [6.07, 6.45) is 2.03. The molecule has 5 N–H and O–H groups in total. The third kappa shape index (κ3) is 3.37.